The van der Waals surface area contributed by atoms with Crippen molar-refractivity contribution in [2.45, 2.75) is 26.8 Å². The molecule has 1 unspecified atom stereocenters. The van der Waals surface area contributed by atoms with Crippen LogP contribution in [0.1, 0.15) is 34.3 Å². The molecule has 2 aromatic heterocycles. The Labute approximate surface area is 112 Å². The van der Waals surface area contributed by atoms with E-state index in [1.54, 1.807) is 12.4 Å². The topological polar surface area (TPSA) is 86.2 Å². The Kier molecular flexibility index (Phi) is 3.82. The maximum Gasteiger partial charge on any atom is 0.316 e. The predicted octanol–water partition coefficient (Wildman–Crippen LogP) is 1.56. The number of aromatic nitrogens is 2. The number of ether oxygens (including phenoxy) is 1. The molecule has 3 N–H and O–H groups in total. The van der Waals surface area contributed by atoms with Gasteiger partial charge in [-0.3, -0.25) is 5.84 Å². The molecule has 2 rings (SSSR count). The summed E-state index contributed by atoms with van der Waals surface area (Å²) in [4.78, 5) is 8.20. The molecule has 0 saturated heterocycles. The van der Waals surface area contributed by atoms with Crippen molar-refractivity contribution in [1.82, 2.24) is 15.4 Å². The Morgan fingerprint density at radius 2 is 1.84 bits per heavy atom. The summed E-state index contributed by atoms with van der Waals surface area (Å²) < 4.78 is 10.6. The summed E-state index contributed by atoms with van der Waals surface area (Å²) in [5, 5.41) is 0. The van der Waals surface area contributed by atoms with Crippen molar-refractivity contribution in [2.75, 3.05) is 7.11 Å². The zero-order chi connectivity index (χ0) is 14.0. The fraction of sp³-hybridized carbons (Fsp3) is 0.385. The molecular formula is C13H18N4O2. The van der Waals surface area contributed by atoms with Crippen LogP contribution in [0.2, 0.25) is 0 Å². The van der Waals surface area contributed by atoms with Crippen LogP contribution < -0.4 is 16.0 Å². The first-order valence-corrected chi connectivity index (χ1v) is 5.97. The van der Waals surface area contributed by atoms with Gasteiger partial charge >= 0.3 is 6.01 Å². The number of rotatable bonds is 4. The second kappa shape index (κ2) is 5.38. The highest BCUT2D eigenvalue weighted by Crippen LogP contribution is 2.30. The molecule has 102 valence electrons. The Bertz CT molecular complexity index is 563. The molecule has 1 atom stereocenters. The van der Waals surface area contributed by atoms with Crippen LogP contribution in [0.4, 0.5) is 0 Å². The summed E-state index contributed by atoms with van der Waals surface area (Å²) in [6.45, 7) is 5.86. The molecule has 19 heavy (non-hydrogen) atoms. The third kappa shape index (κ3) is 2.45. The first kappa shape index (κ1) is 13.5. The number of furan rings is 1. The minimum absolute atomic E-state index is 0.205. The van der Waals surface area contributed by atoms with E-state index in [4.69, 9.17) is 15.0 Å². The van der Waals surface area contributed by atoms with Crippen LogP contribution in [0.15, 0.2) is 16.8 Å². The van der Waals surface area contributed by atoms with E-state index in [0.717, 1.165) is 28.2 Å². The van der Waals surface area contributed by atoms with E-state index in [1.807, 2.05) is 20.8 Å². The van der Waals surface area contributed by atoms with Crippen LogP contribution >= 0.6 is 0 Å². The van der Waals surface area contributed by atoms with Gasteiger partial charge in [-0.15, -0.1) is 0 Å². The zero-order valence-corrected chi connectivity index (χ0v) is 11.5. The lowest BCUT2D eigenvalue weighted by atomic mass is 9.98. The summed E-state index contributed by atoms with van der Waals surface area (Å²) in [5.41, 5.74) is 5.74. The van der Waals surface area contributed by atoms with Gasteiger partial charge in [0.05, 0.1) is 13.2 Å². The largest absolute Gasteiger partial charge is 0.467 e. The van der Waals surface area contributed by atoms with Gasteiger partial charge in [0.1, 0.15) is 11.5 Å². The highest BCUT2D eigenvalue weighted by Gasteiger charge is 2.22. The Hall–Kier alpha value is -1.92. The fourth-order valence-electron chi connectivity index (χ4n) is 2.16. The van der Waals surface area contributed by atoms with E-state index < -0.39 is 0 Å². The zero-order valence-electron chi connectivity index (χ0n) is 11.5. The fourth-order valence-corrected chi connectivity index (χ4v) is 2.16. The lowest BCUT2D eigenvalue weighted by Gasteiger charge is -2.16. The quantitative estimate of drug-likeness (QED) is 0.642. The van der Waals surface area contributed by atoms with Gasteiger partial charge in [-0.25, -0.2) is 15.4 Å². The minimum Gasteiger partial charge on any atom is -0.467 e. The summed E-state index contributed by atoms with van der Waals surface area (Å²) in [5.74, 6) is 7.41. The van der Waals surface area contributed by atoms with E-state index in [-0.39, 0.29) is 6.04 Å². The van der Waals surface area contributed by atoms with Crippen LogP contribution in [0, 0.1) is 20.8 Å². The molecule has 0 bridgehead atoms. The highest BCUT2D eigenvalue weighted by atomic mass is 16.5. The SMILES string of the molecule is COc1ncc(C(NN)c2c(C)oc(C)c2C)cn1. The summed E-state index contributed by atoms with van der Waals surface area (Å²) in [6.07, 6.45) is 3.38. The van der Waals surface area contributed by atoms with Crippen LogP contribution in [-0.4, -0.2) is 17.1 Å². The number of hydrogen-bond donors (Lipinski definition) is 2. The van der Waals surface area contributed by atoms with Crippen LogP contribution in [-0.2, 0) is 0 Å². The van der Waals surface area contributed by atoms with Gasteiger partial charge in [0, 0.05) is 23.5 Å². The van der Waals surface area contributed by atoms with Gasteiger partial charge in [-0.2, -0.15) is 0 Å². The number of nitrogens with two attached hydrogens (primary N) is 1. The smallest absolute Gasteiger partial charge is 0.316 e. The second-order valence-corrected chi connectivity index (χ2v) is 4.36. The molecule has 0 amide bonds. The monoisotopic (exact) mass is 262 g/mol. The number of aryl methyl sites for hydroxylation is 2. The van der Waals surface area contributed by atoms with Crippen LogP contribution in [0.3, 0.4) is 0 Å². The molecule has 0 aliphatic rings. The molecule has 0 spiro atoms. The third-order valence-electron chi connectivity index (χ3n) is 3.24. The lowest BCUT2D eigenvalue weighted by molar-refractivity contribution is 0.378. The second-order valence-electron chi connectivity index (χ2n) is 4.36. The minimum atomic E-state index is -0.205. The lowest BCUT2D eigenvalue weighted by Crippen LogP contribution is -2.29. The standard InChI is InChI=1S/C13H18N4O2/c1-7-8(2)19-9(3)11(7)12(17-14)10-5-15-13(18-4)16-6-10/h5-6,12,17H,14H2,1-4H3. The van der Waals surface area contributed by atoms with Gasteiger partial charge in [0.25, 0.3) is 0 Å². The Balaban J connectivity index is 2.43. The van der Waals surface area contributed by atoms with E-state index in [0.29, 0.717) is 6.01 Å². The molecular weight excluding hydrogens is 244 g/mol. The summed E-state index contributed by atoms with van der Waals surface area (Å²) in [6, 6.07) is 0.125. The van der Waals surface area contributed by atoms with E-state index in [2.05, 4.69) is 15.4 Å². The molecule has 0 fully saturated rings. The van der Waals surface area contributed by atoms with Gasteiger partial charge in [0.2, 0.25) is 0 Å². The van der Waals surface area contributed by atoms with Crippen molar-refractivity contribution in [3.63, 3.8) is 0 Å². The van der Waals surface area contributed by atoms with Gasteiger partial charge < -0.3 is 9.15 Å². The van der Waals surface area contributed by atoms with E-state index >= 15 is 0 Å². The molecule has 6 nitrogen and oxygen atoms in total. The van der Waals surface area contributed by atoms with Crippen molar-refractivity contribution in [3.8, 4) is 6.01 Å². The van der Waals surface area contributed by atoms with E-state index in [1.165, 1.54) is 7.11 Å². The molecule has 2 aromatic rings. The van der Waals surface area contributed by atoms with E-state index in [9.17, 15) is 0 Å². The van der Waals surface area contributed by atoms with Crippen molar-refractivity contribution in [3.05, 3.63) is 40.6 Å². The van der Waals surface area contributed by atoms with Crippen molar-refractivity contribution >= 4 is 0 Å². The van der Waals surface area contributed by atoms with Crippen molar-refractivity contribution in [2.24, 2.45) is 5.84 Å². The predicted molar refractivity (Wildman–Crippen MR) is 70.7 cm³/mol. The maximum atomic E-state index is 5.68. The van der Waals surface area contributed by atoms with Gasteiger partial charge in [-0.05, 0) is 26.3 Å². The number of nitrogens with zero attached hydrogens (tertiary/aromatic N) is 2. The molecule has 0 aliphatic carbocycles. The maximum absolute atomic E-state index is 5.68. The number of hydrazine groups is 1. The van der Waals surface area contributed by atoms with Gasteiger partial charge in [0.15, 0.2) is 0 Å². The molecule has 6 heteroatoms. The first-order chi connectivity index (χ1) is 9.08. The average molecular weight is 262 g/mol. The third-order valence-corrected chi connectivity index (χ3v) is 3.24. The number of nitrogens with one attached hydrogen (secondary N) is 1. The molecule has 0 radical (unpaired) electrons. The Morgan fingerprint density at radius 1 is 1.21 bits per heavy atom. The molecule has 2 heterocycles. The number of methoxy groups -OCH3 is 1. The average Bonchev–Trinajstić information content (AvgIpc) is 2.67. The summed E-state index contributed by atoms with van der Waals surface area (Å²) >= 11 is 0. The first-order valence-electron chi connectivity index (χ1n) is 5.97. The van der Waals surface area contributed by atoms with Gasteiger partial charge in [-0.1, -0.05) is 0 Å². The summed E-state index contributed by atoms with van der Waals surface area (Å²) in [7, 11) is 1.53. The highest BCUT2D eigenvalue weighted by molar-refractivity contribution is 5.39. The molecule has 0 saturated carbocycles. The normalized spacial score (nSPS) is 12.5. The molecule has 0 aromatic carbocycles. The number of hydrogen-bond acceptors (Lipinski definition) is 6. The molecule has 0 aliphatic heterocycles. The Morgan fingerprint density at radius 3 is 2.26 bits per heavy atom. The van der Waals surface area contributed by atoms with Crippen molar-refractivity contribution < 1.29 is 9.15 Å². The van der Waals surface area contributed by atoms with Crippen LogP contribution in [0.5, 0.6) is 6.01 Å². The van der Waals surface area contributed by atoms with Crippen LogP contribution in [0.25, 0.3) is 0 Å². The van der Waals surface area contributed by atoms with Crippen molar-refractivity contribution in [1.29, 1.82) is 0 Å².